The van der Waals surface area contributed by atoms with E-state index in [0.29, 0.717) is 0 Å². The average molecular weight is 472 g/mol. The fraction of sp³-hybridized carbons (Fsp3) is 0.727. The second-order valence-electron chi connectivity index (χ2n) is 5.06. The first kappa shape index (κ1) is 27.2. The SMILES string of the molecule is O=C(/C=C(\F)C(F)(F)C(F)(F)C(F)(F)C(F)(F)C(F)(F)C(F)(F)C(F)(F)F)CO. The highest BCUT2D eigenvalue weighted by molar-refractivity contribution is 5.91. The van der Waals surface area contributed by atoms with Crippen LogP contribution >= 0.6 is 0 Å². The van der Waals surface area contributed by atoms with Gasteiger partial charge in [0.15, 0.2) is 11.6 Å². The van der Waals surface area contributed by atoms with Gasteiger partial charge in [0.25, 0.3) is 0 Å². The Labute approximate surface area is 147 Å². The molecule has 1 N–H and O–H groups in total. The van der Waals surface area contributed by atoms with Gasteiger partial charge in [-0.25, -0.2) is 4.39 Å². The number of carbonyl (C=O) groups excluding carboxylic acids is 1. The number of allylic oxidation sites excluding steroid dienone is 1. The lowest BCUT2D eigenvalue weighted by Crippen LogP contribution is -2.72. The Balaban J connectivity index is 6.65. The molecule has 0 aromatic carbocycles. The third-order valence-electron chi connectivity index (χ3n) is 3.07. The minimum atomic E-state index is -8.55. The standard InChI is InChI=1S/C11H4F16O2/c12-4(1-3(29)2-28)5(13,14)6(15,16)7(17,18)8(19,20)9(21,22)10(23,24)11(25,26)27/h1,28H,2H2/b4-1-. The summed E-state index contributed by atoms with van der Waals surface area (Å²) < 4.78 is 204. The van der Waals surface area contributed by atoms with Crippen molar-refractivity contribution in [3.63, 3.8) is 0 Å². The van der Waals surface area contributed by atoms with Gasteiger partial charge in [-0.05, 0) is 0 Å². The van der Waals surface area contributed by atoms with Crippen molar-refractivity contribution in [2.45, 2.75) is 41.7 Å². The molecule has 2 nitrogen and oxygen atoms in total. The highest BCUT2D eigenvalue weighted by Gasteiger charge is 2.93. The van der Waals surface area contributed by atoms with Crippen LogP contribution in [0.2, 0.25) is 0 Å². The molecule has 0 aliphatic heterocycles. The zero-order chi connectivity index (χ0) is 24.1. The lowest BCUT2D eigenvalue weighted by Gasteiger charge is -2.41. The van der Waals surface area contributed by atoms with Crippen LogP contribution in [0.15, 0.2) is 11.9 Å². The van der Waals surface area contributed by atoms with Crippen molar-refractivity contribution in [1.82, 2.24) is 0 Å². The molecular weight excluding hydrogens is 468 g/mol. The topological polar surface area (TPSA) is 37.3 Å². The van der Waals surface area contributed by atoms with Crippen molar-refractivity contribution >= 4 is 5.78 Å². The van der Waals surface area contributed by atoms with Crippen molar-refractivity contribution in [2.24, 2.45) is 0 Å². The maximum atomic E-state index is 13.2. The Morgan fingerprint density at radius 1 is 0.621 bits per heavy atom. The van der Waals surface area contributed by atoms with Crippen LogP contribution < -0.4 is 0 Å². The van der Waals surface area contributed by atoms with E-state index in [0.717, 1.165) is 0 Å². The van der Waals surface area contributed by atoms with E-state index in [1.165, 1.54) is 0 Å². The highest BCUT2D eigenvalue weighted by atomic mass is 19.4. The van der Waals surface area contributed by atoms with Crippen molar-refractivity contribution in [3.8, 4) is 0 Å². The molecule has 0 fully saturated rings. The third kappa shape index (κ3) is 3.74. The molecule has 0 aliphatic rings. The van der Waals surface area contributed by atoms with Crippen molar-refractivity contribution in [3.05, 3.63) is 11.9 Å². The first-order valence-electron chi connectivity index (χ1n) is 6.22. The monoisotopic (exact) mass is 472 g/mol. The van der Waals surface area contributed by atoms with Gasteiger partial charge >= 0.3 is 41.7 Å². The molecule has 0 saturated carbocycles. The summed E-state index contributed by atoms with van der Waals surface area (Å²) in [5.41, 5.74) is 0. The molecule has 0 atom stereocenters. The normalized spacial score (nSPS) is 16.2. The second kappa shape index (κ2) is 7.19. The fourth-order valence-corrected chi connectivity index (χ4v) is 1.39. The van der Waals surface area contributed by atoms with Crippen LogP contribution in [0, 0.1) is 0 Å². The summed E-state index contributed by atoms with van der Waals surface area (Å²) in [5.74, 6) is -55.3. The summed E-state index contributed by atoms with van der Waals surface area (Å²) in [6.45, 7) is -1.93. The van der Waals surface area contributed by atoms with Crippen LogP contribution in [0.25, 0.3) is 0 Å². The number of rotatable bonds is 8. The van der Waals surface area contributed by atoms with Gasteiger partial charge in [-0.15, -0.1) is 0 Å². The molecule has 0 heterocycles. The summed E-state index contributed by atoms with van der Waals surface area (Å²) in [6.07, 6.45) is -9.10. The molecule has 0 spiro atoms. The Morgan fingerprint density at radius 2 is 0.931 bits per heavy atom. The van der Waals surface area contributed by atoms with Gasteiger partial charge in [0.1, 0.15) is 6.61 Å². The molecular formula is C11H4F16O2. The van der Waals surface area contributed by atoms with Gasteiger partial charge in [0.05, 0.1) is 0 Å². The first-order chi connectivity index (χ1) is 12.4. The van der Waals surface area contributed by atoms with Gasteiger partial charge in [0.2, 0.25) is 0 Å². The number of ketones is 1. The molecule has 0 unspecified atom stereocenters. The van der Waals surface area contributed by atoms with Crippen LogP contribution in [0.3, 0.4) is 0 Å². The van der Waals surface area contributed by atoms with Crippen LogP contribution in [0.4, 0.5) is 70.2 Å². The summed E-state index contributed by atoms with van der Waals surface area (Å²) in [5, 5.41) is 8.06. The molecule has 0 rings (SSSR count). The van der Waals surface area contributed by atoms with E-state index in [2.05, 4.69) is 0 Å². The molecule has 0 aromatic rings. The van der Waals surface area contributed by atoms with Crippen LogP contribution in [-0.4, -0.2) is 59.2 Å². The Kier molecular flexibility index (Phi) is 6.76. The molecule has 0 radical (unpaired) electrons. The van der Waals surface area contributed by atoms with Crippen molar-refractivity contribution in [1.29, 1.82) is 0 Å². The largest absolute Gasteiger partial charge is 0.460 e. The predicted octanol–water partition coefficient (Wildman–Crippen LogP) is 4.78. The zero-order valence-electron chi connectivity index (χ0n) is 12.7. The van der Waals surface area contributed by atoms with Crippen LogP contribution in [-0.2, 0) is 4.79 Å². The molecule has 0 aromatic heterocycles. The van der Waals surface area contributed by atoms with Gasteiger partial charge in [-0.1, -0.05) is 0 Å². The lowest BCUT2D eigenvalue weighted by atomic mass is 9.90. The zero-order valence-corrected chi connectivity index (χ0v) is 12.7. The molecule has 172 valence electrons. The van der Waals surface area contributed by atoms with Crippen molar-refractivity contribution in [2.75, 3.05) is 6.61 Å². The minimum Gasteiger partial charge on any atom is -0.388 e. The number of aliphatic hydroxyl groups is 1. The number of alkyl halides is 15. The Bertz CT molecular complexity index is 658. The number of aliphatic hydroxyl groups excluding tert-OH is 1. The quantitative estimate of drug-likeness (QED) is 0.408. The summed E-state index contributed by atoms with van der Waals surface area (Å²) in [7, 11) is 0. The average Bonchev–Trinajstić information content (AvgIpc) is 2.52. The van der Waals surface area contributed by atoms with E-state index in [-0.39, 0.29) is 0 Å². The van der Waals surface area contributed by atoms with E-state index >= 15 is 0 Å². The molecule has 0 aliphatic carbocycles. The maximum absolute atomic E-state index is 13.2. The molecule has 0 bridgehead atoms. The van der Waals surface area contributed by atoms with E-state index in [1.54, 1.807) is 0 Å². The van der Waals surface area contributed by atoms with Gasteiger partial charge in [0, 0.05) is 6.08 Å². The maximum Gasteiger partial charge on any atom is 0.460 e. The van der Waals surface area contributed by atoms with E-state index in [4.69, 9.17) is 5.11 Å². The Hall–Kier alpha value is -1.75. The van der Waals surface area contributed by atoms with Crippen molar-refractivity contribution < 1.29 is 80.1 Å². The fourth-order valence-electron chi connectivity index (χ4n) is 1.39. The van der Waals surface area contributed by atoms with Gasteiger partial charge in [-0.2, -0.15) is 65.9 Å². The van der Waals surface area contributed by atoms with E-state index in [9.17, 15) is 75.0 Å². The highest BCUT2D eigenvalue weighted by Crippen LogP contribution is 2.63. The molecule has 0 amide bonds. The van der Waals surface area contributed by atoms with Crippen LogP contribution in [0.1, 0.15) is 0 Å². The predicted molar refractivity (Wildman–Crippen MR) is 57.0 cm³/mol. The minimum absolute atomic E-state index is 1.36. The van der Waals surface area contributed by atoms with E-state index < -0.39 is 66.0 Å². The number of hydrogen-bond acceptors (Lipinski definition) is 2. The summed E-state index contributed by atoms with van der Waals surface area (Å²) in [4.78, 5) is 10.4. The Morgan fingerprint density at radius 3 is 1.24 bits per heavy atom. The lowest BCUT2D eigenvalue weighted by molar-refractivity contribution is -0.450. The first-order valence-corrected chi connectivity index (χ1v) is 6.22. The smallest absolute Gasteiger partial charge is 0.388 e. The van der Waals surface area contributed by atoms with E-state index in [1.807, 2.05) is 0 Å². The number of carbonyl (C=O) groups is 1. The molecule has 18 heteroatoms. The summed E-state index contributed by atoms with van der Waals surface area (Å²) in [6, 6.07) is 0. The third-order valence-corrected chi connectivity index (χ3v) is 3.07. The van der Waals surface area contributed by atoms with Gasteiger partial charge < -0.3 is 5.11 Å². The summed E-state index contributed by atoms with van der Waals surface area (Å²) >= 11 is 0. The second-order valence-corrected chi connectivity index (χ2v) is 5.06. The number of hydrogen-bond donors (Lipinski definition) is 1. The number of halogens is 16. The molecule has 29 heavy (non-hydrogen) atoms. The van der Waals surface area contributed by atoms with Gasteiger partial charge in [-0.3, -0.25) is 4.79 Å². The van der Waals surface area contributed by atoms with Crippen LogP contribution in [0.5, 0.6) is 0 Å². The molecule has 0 saturated heterocycles.